The summed E-state index contributed by atoms with van der Waals surface area (Å²) in [5.41, 5.74) is 9.93. The molecule has 202 valence electrons. The number of para-hydroxylation sites is 1. The molecular weight excluding hydrogens is 538 g/mol. The van der Waals surface area contributed by atoms with Crippen LogP contribution in [0.3, 0.4) is 0 Å². The van der Waals surface area contributed by atoms with Gasteiger partial charge in [0.1, 0.15) is 0 Å². The predicted molar refractivity (Wildman–Crippen MR) is 178 cm³/mol. The lowest BCUT2D eigenvalue weighted by atomic mass is 9.98. The van der Waals surface area contributed by atoms with E-state index in [1.54, 1.807) is 0 Å². The zero-order valence-corrected chi connectivity index (χ0v) is 23.4. The van der Waals surface area contributed by atoms with Crippen LogP contribution in [0.25, 0.3) is 75.8 Å². The molecule has 2 heterocycles. The molecule has 0 amide bonds. The van der Waals surface area contributed by atoms with Gasteiger partial charge in [-0.2, -0.15) is 5.26 Å². The molecule has 0 aliphatic carbocycles. The molecule has 0 fully saturated rings. The van der Waals surface area contributed by atoms with Crippen molar-refractivity contribution in [2.45, 2.75) is 0 Å². The van der Waals surface area contributed by atoms with E-state index in [4.69, 9.17) is 13.1 Å². The Morgan fingerprint density at radius 1 is 0.523 bits per heavy atom. The highest BCUT2D eigenvalue weighted by Crippen LogP contribution is 2.41. The maximum Gasteiger partial charge on any atom is 0.189 e. The van der Waals surface area contributed by atoms with Gasteiger partial charge in [-0.05, 0) is 83.2 Å². The van der Waals surface area contributed by atoms with Crippen molar-refractivity contribution in [1.29, 1.82) is 5.26 Å². The van der Waals surface area contributed by atoms with Gasteiger partial charge in [0.25, 0.3) is 0 Å². The second-order valence-electron chi connectivity index (χ2n) is 10.7. The van der Waals surface area contributed by atoms with Gasteiger partial charge in [0.2, 0.25) is 0 Å². The Kier molecular flexibility index (Phi) is 5.56. The summed E-state index contributed by atoms with van der Waals surface area (Å²) < 4.78 is 4.44. The molecule has 6 aromatic carbocycles. The SMILES string of the molecule is [C-]#[N+]c1cccc(-n2c3ccc([N+]#[C-])cc3c3c(-c4cccc(-n5c6ccccc6c6cc(C#N)ccc65)c4)cccc32)c1. The molecule has 0 aliphatic rings. The molecule has 8 aromatic rings. The molecule has 5 heteroatoms. The molecule has 0 N–H and O–H groups in total. The van der Waals surface area contributed by atoms with Gasteiger partial charge >= 0.3 is 0 Å². The largest absolute Gasteiger partial charge is 0.311 e. The quantitative estimate of drug-likeness (QED) is 0.199. The van der Waals surface area contributed by atoms with Crippen LogP contribution in [0.5, 0.6) is 0 Å². The normalized spacial score (nSPS) is 11.1. The number of benzene rings is 6. The van der Waals surface area contributed by atoms with E-state index in [9.17, 15) is 5.26 Å². The molecular formula is C39H21N5. The molecule has 0 saturated carbocycles. The molecule has 0 aliphatic heterocycles. The van der Waals surface area contributed by atoms with Gasteiger partial charge < -0.3 is 9.13 Å². The Morgan fingerprint density at radius 2 is 1.18 bits per heavy atom. The minimum atomic E-state index is 0.576. The number of aromatic nitrogens is 2. The van der Waals surface area contributed by atoms with Crippen molar-refractivity contribution in [2.24, 2.45) is 0 Å². The maximum absolute atomic E-state index is 9.56. The average molecular weight is 560 g/mol. The van der Waals surface area contributed by atoms with Crippen LogP contribution in [0.2, 0.25) is 0 Å². The Labute approximate surface area is 253 Å². The molecule has 0 bridgehead atoms. The second kappa shape index (κ2) is 9.74. The number of nitrogens with zero attached hydrogens (tertiary/aromatic N) is 5. The predicted octanol–water partition coefficient (Wildman–Crippen LogP) is 10.5. The molecule has 2 aromatic heterocycles. The second-order valence-corrected chi connectivity index (χ2v) is 10.7. The zero-order chi connectivity index (χ0) is 29.8. The lowest BCUT2D eigenvalue weighted by Gasteiger charge is -2.12. The highest BCUT2D eigenvalue weighted by atomic mass is 15.0. The number of fused-ring (bicyclic) bond motifs is 6. The van der Waals surface area contributed by atoms with E-state index in [2.05, 4.69) is 79.5 Å². The van der Waals surface area contributed by atoms with E-state index in [-0.39, 0.29) is 0 Å². The van der Waals surface area contributed by atoms with Crippen LogP contribution in [0.4, 0.5) is 11.4 Å². The van der Waals surface area contributed by atoms with Crippen molar-refractivity contribution in [2.75, 3.05) is 0 Å². The molecule has 8 rings (SSSR count). The topological polar surface area (TPSA) is 42.4 Å². The monoisotopic (exact) mass is 559 g/mol. The third-order valence-corrected chi connectivity index (χ3v) is 8.34. The summed E-state index contributed by atoms with van der Waals surface area (Å²) in [4.78, 5) is 7.39. The van der Waals surface area contributed by atoms with E-state index in [1.165, 1.54) is 0 Å². The first kappa shape index (κ1) is 25.1. The van der Waals surface area contributed by atoms with E-state index in [0.717, 1.165) is 66.1 Å². The van der Waals surface area contributed by atoms with Crippen LogP contribution < -0.4 is 0 Å². The summed E-state index contributed by atoms with van der Waals surface area (Å²) >= 11 is 0. The molecule has 44 heavy (non-hydrogen) atoms. The Hall–Kier alpha value is -6.61. The molecule has 0 saturated heterocycles. The Balaban J connectivity index is 1.41. The van der Waals surface area contributed by atoms with Crippen molar-refractivity contribution in [3.05, 3.63) is 156 Å². The van der Waals surface area contributed by atoms with E-state index in [0.29, 0.717) is 16.9 Å². The van der Waals surface area contributed by atoms with Gasteiger partial charge in [0.15, 0.2) is 11.4 Å². The molecule has 0 unspecified atom stereocenters. The van der Waals surface area contributed by atoms with Crippen LogP contribution in [-0.4, -0.2) is 9.13 Å². The summed E-state index contributed by atoms with van der Waals surface area (Å²) in [6, 6.07) is 44.7. The van der Waals surface area contributed by atoms with Gasteiger partial charge in [-0.15, -0.1) is 0 Å². The molecule has 5 nitrogen and oxygen atoms in total. The zero-order valence-electron chi connectivity index (χ0n) is 23.4. The standard InChI is InChI=1S/C39H21N5/c1-41-27-9-6-11-30(22-27)44-37-19-17-28(42-2)23-34(37)39-31(13-7-15-38(39)44)26-8-5-10-29(21-26)43-35-14-4-3-12-32(35)33-20-25(24-40)16-18-36(33)43/h3-23H. The van der Waals surface area contributed by atoms with E-state index >= 15 is 0 Å². The van der Waals surface area contributed by atoms with Gasteiger partial charge in [-0.25, -0.2) is 9.69 Å². The summed E-state index contributed by atoms with van der Waals surface area (Å²) in [6.45, 7) is 15.3. The van der Waals surface area contributed by atoms with Gasteiger partial charge in [-0.1, -0.05) is 60.7 Å². The molecule has 0 spiro atoms. The Bertz CT molecular complexity index is 2600. The van der Waals surface area contributed by atoms with Gasteiger partial charge in [-0.3, -0.25) is 0 Å². The first-order valence-electron chi connectivity index (χ1n) is 14.1. The van der Waals surface area contributed by atoms with Crippen molar-refractivity contribution < 1.29 is 0 Å². The van der Waals surface area contributed by atoms with E-state index < -0.39 is 0 Å². The number of hydrogen-bond acceptors (Lipinski definition) is 1. The highest BCUT2D eigenvalue weighted by Gasteiger charge is 2.18. The van der Waals surface area contributed by atoms with E-state index in [1.807, 2.05) is 72.8 Å². The third-order valence-electron chi connectivity index (χ3n) is 8.34. The van der Waals surface area contributed by atoms with Crippen molar-refractivity contribution >= 4 is 55.0 Å². The van der Waals surface area contributed by atoms with Crippen LogP contribution in [0.1, 0.15) is 5.56 Å². The summed E-state index contributed by atoms with van der Waals surface area (Å²) in [7, 11) is 0. The van der Waals surface area contributed by atoms with Crippen LogP contribution in [0.15, 0.2) is 127 Å². The summed E-state index contributed by atoms with van der Waals surface area (Å²) in [6.07, 6.45) is 0. The minimum absolute atomic E-state index is 0.576. The average Bonchev–Trinajstić information content (AvgIpc) is 3.60. The number of rotatable bonds is 3. The minimum Gasteiger partial charge on any atom is -0.311 e. The van der Waals surface area contributed by atoms with Gasteiger partial charge in [0, 0.05) is 27.5 Å². The first-order valence-corrected chi connectivity index (χ1v) is 14.1. The third kappa shape index (κ3) is 3.70. The van der Waals surface area contributed by atoms with Gasteiger partial charge in [0.05, 0.1) is 46.8 Å². The highest BCUT2D eigenvalue weighted by molar-refractivity contribution is 6.17. The first-order chi connectivity index (χ1) is 21.7. The summed E-state index contributed by atoms with van der Waals surface area (Å²) in [5.74, 6) is 0. The van der Waals surface area contributed by atoms with Crippen LogP contribution in [-0.2, 0) is 0 Å². The number of nitriles is 1. The lowest BCUT2D eigenvalue weighted by Crippen LogP contribution is -1.95. The Morgan fingerprint density at radius 3 is 2.02 bits per heavy atom. The smallest absolute Gasteiger partial charge is 0.189 e. The lowest BCUT2D eigenvalue weighted by molar-refractivity contribution is 1.18. The maximum atomic E-state index is 9.56. The van der Waals surface area contributed by atoms with Crippen LogP contribution >= 0.6 is 0 Å². The van der Waals surface area contributed by atoms with Crippen LogP contribution in [0, 0.1) is 24.5 Å². The van der Waals surface area contributed by atoms with Crippen molar-refractivity contribution in [3.8, 4) is 28.6 Å². The molecule has 0 radical (unpaired) electrons. The molecule has 0 atom stereocenters. The fourth-order valence-electron chi connectivity index (χ4n) is 6.48. The van der Waals surface area contributed by atoms with Crippen molar-refractivity contribution in [1.82, 2.24) is 9.13 Å². The number of hydrogen-bond donors (Lipinski definition) is 0. The summed E-state index contributed by atoms with van der Waals surface area (Å²) in [5, 5.41) is 13.8. The van der Waals surface area contributed by atoms with Crippen molar-refractivity contribution in [3.63, 3.8) is 0 Å². The fraction of sp³-hybridized carbons (Fsp3) is 0. The fourth-order valence-corrected chi connectivity index (χ4v) is 6.48.